The molecule has 2 N–H and O–H groups in total. The van der Waals surface area contributed by atoms with Crippen LogP contribution < -0.4 is 10.6 Å². The lowest BCUT2D eigenvalue weighted by Gasteiger charge is -2.46. The number of aromatic nitrogens is 2. The van der Waals surface area contributed by atoms with E-state index in [1.54, 1.807) is 11.3 Å². The number of hydrogen-bond donors (Lipinski definition) is 2. The first-order valence-electron chi connectivity index (χ1n) is 11.4. The van der Waals surface area contributed by atoms with Gasteiger partial charge < -0.3 is 10.6 Å². The van der Waals surface area contributed by atoms with Crippen LogP contribution in [-0.4, -0.2) is 27.1 Å². The topological polar surface area (TPSA) is 49.8 Å². The number of rotatable bonds is 5. The number of nitrogens with one attached hydrogen (secondary N) is 2. The summed E-state index contributed by atoms with van der Waals surface area (Å²) in [5.41, 5.74) is 4.93. The molecule has 0 radical (unpaired) electrons. The van der Waals surface area contributed by atoms with Gasteiger partial charge in [0.05, 0.1) is 10.6 Å². The lowest BCUT2D eigenvalue weighted by Crippen LogP contribution is -2.60. The van der Waals surface area contributed by atoms with E-state index in [-0.39, 0.29) is 11.1 Å². The highest BCUT2D eigenvalue weighted by Crippen LogP contribution is 2.35. The Bertz CT molecular complexity index is 1090. The van der Waals surface area contributed by atoms with E-state index in [0.717, 1.165) is 23.4 Å². The first kappa shape index (κ1) is 22.7. The van der Waals surface area contributed by atoms with Gasteiger partial charge in [0.1, 0.15) is 0 Å². The second-order valence-corrected chi connectivity index (χ2v) is 11.2. The van der Waals surface area contributed by atoms with E-state index >= 15 is 0 Å². The normalized spacial score (nSPS) is 18.5. The second kappa shape index (κ2) is 8.80. The average Bonchev–Trinajstić information content (AvgIpc) is 3.21. The summed E-state index contributed by atoms with van der Waals surface area (Å²) >= 11 is 1.77. The van der Waals surface area contributed by atoms with Crippen LogP contribution in [0.4, 0.5) is 5.95 Å². The maximum absolute atomic E-state index is 4.85. The van der Waals surface area contributed by atoms with Crippen molar-refractivity contribution in [3.05, 3.63) is 60.3 Å². The van der Waals surface area contributed by atoms with Crippen LogP contribution in [-0.2, 0) is 0 Å². The van der Waals surface area contributed by atoms with E-state index in [1.807, 2.05) is 12.3 Å². The maximum atomic E-state index is 4.85. The van der Waals surface area contributed by atoms with Crippen LogP contribution in [0.1, 0.15) is 59.9 Å². The van der Waals surface area contributed by atoms with E-state index < -0.39 is 0 Å². The lowest BCUT2D eigenvalue weighted by molar-refractivity contribution is 0.170. The number of nitrogens with zero attached hydrogens (tertiary/aromatic N) is 2. The molecular weight excluding hydrogens is 412 g/mol. The molecule has 0 saturated carbocycles. The van der Waals surface area contributed by atoms with Crippen molar-refractivity contribution in [2.24, 2.45) is 0 Å². The number of anilines is 1. The van der Waals surface area contributed by atoms with Gasteiger partial charge in [0.2, 0.25) is 5.95 Å². The van der Waals surface area contributed by atoms with Gasteiger partial charge in [-0.05, 0) is 89.3 Å². The molecule has 1 fully saturated rings. The van der Waals surface area contributed by atoms with Gasteiger partial charge >= 0.3 is 0 Å². The van der Waals surface area contributed by atoms with Crippen molar-refractivity contribution < 1.29 is 0 Å². The summed E-state index contributed by atoms with van der Waals surface area (Å²) in [6.45, 7) is 13.3. The van der Waals surface area contributed by atoms with Crippen LogP contribution in [0.15, 0.2) is 54.7 Å². The molecule has 4 nitrogen and oxygen atoms in total. The third kappa shape index (κ3) is 5.28. The third-order valence-corrected chi connectivity index (χ3v) is 7.25. The van der Waals surface area contributed by atoms with Crippen molar-refractivity contribution in [3.63, 3.8) is 0 Å². The quantitative estimate of drug-likeness (QED) is 0.442. The molecule has 1 saturated heterocycles. The molecule has 0 unspecified atom stereocenters. The predicted octanol–water partition coefficient (Wildman–Crippen LogP) is 7.02. The summed E-state index contributed by atoms with van der Waals surface area (Å²) in [5.74, 6) is 0.710. The average molecular weight is 447 g/mol. The minimum atomic E-state index is 0.0840. The number of benzene rings is 1. The zero-order chi connectivity index (χ0) is 22.9. The van der Waals surface area contributed by atoms with Crippen molar-refractivity contribution in [1.82, 2.24) is 15.3 Å². The molecule has 1 aliphatic rings. The molecule has 2 aromatic heterocycles. The zero-order valence-electron chi connectivity index (χ0n) is 20.0. The van der Waals surface area contributed by atoms with Crippen molar-refractivity contribution in [2.75, 3.05) is 5.32 Å². The Hall–Kier alpha value is -2.50. The first-order chi connectivity index (χ1) is 15.1. The Labute approximate surface area is 196 Å². The monoisotopic (exact) mass is 446 g/mol. The second-order valence-electron chi connectivity index (χ2n) is 10.1. The van der Waals surface area contributed by atoms with Gasteiger partial charge in [-0.15, -0.1) is 11.3 Å². The molecule has 5 heteroatoms. The Morgan fingerprint density at radius 1 is 1.00 bits per heavy atom. The smallest absolute Gasteiger partial charge is 0.223 e. The number of thiophene rings is 1. The molecule has 1 aliphatic heterocycles. The maximum Gasteiger partial charge on any atom is 0.223 e. The molecule has 4 rings (SSSR count). The Morgan fingerprint density at radius 2 is 1.66 bits per heavy atom. The van der Waals surface area contributed by atoms with Crippen molar-refractivity contribution in [3.8, 4) is 21.0 Å². The van der Waals surface area contributed by atoms with Gasteiger partial charge in [0.15, 0.2) is 0 Å². The Balaban J connectivity index is 1.51. The van der Waals surface area contributed by atoms with Crippen molar-refractivity contribution in [1.29, 1.82) is 0 Å². The summed E-state index contributed by atoms with van der Waals surface area (Å²) < 4.78 is 0. The van der Waals surface area contributed by atoms with Gasteiger partial charge in [0, 0.05) is 28.2 Å². The SMILES string of the molecule is CC=C(C)c1ccc(-c2ccc(-c3ccnc(NC4CC(C)(C)NC(C)(C)C4)n3)s2)cc1. The molecule has 0 spiro atoms. The van der Waals surface area contributed by atoms with E-state index in [4.69, 9.17) is 4.98 Å². The molecule has 32 heavy (non-hydrogen) atoms. The fourth-order valence-corrected chi connectivity index (χ4v) is 5.85. The van der Waals surface area contributed by atoms with Crippen LogP contribution in [0.2, 0.25) is 0 Å². The molecule has 0 atom stereocenters. The highest BCUT2D eigenvalue weighted by molar-refractivity contribution is 7.18. The summed E-state index contributed by atoms with van der Waals surface area (Å²) in [4.78, 5) is 11.8. The van der Waals surface area contributed by atoms with E-state index in [1.165, 1.54) is 21.6 Å². The molecule has 0 aliphatic carbocycles. The zero-order valence-corrected chi connectivity index (χ0v) is 20.8. The number of hydrogen-bond acceptors (Lipinski definition) is 5. The van der Waals surface area contributed by atoms with Gasteiger partial charge in [-0.3, -0.25) is 0 Å². The molecule has 3 aromatic rings. The fourth-order valence-electron chi connectivity index (χ4n) is 4.87. The molecule has 168 valence electrons. The number of allylic oxidation sites excluding steroid dienone is 2. The molecular formula is C27H34N4S. The van der Waals surface area contributed by atoms with Gasteiger partial charge in [-0.1, -0.05) is 30.3 Å². The standard InChI is InChI=1S/C27H34N4S/c1-7-18(2)19-8-10-20(11-9-19)23-12-13-24(32-23)22-14-15-28-25(30-22)29-21-16-26(3,4)31-27(5,6)17-21/h7-15,21,31H,16-17H2,1-6H3,(H,28,29,30). The van der Waals surface area contributed by atoms with Crippen LogP contribution in [0.5, 0.6) is 0 Å². The largest absolute Gasteiger partial charge is 0.351 e. The van der Waals surface area contributed by atoms with Crippen LogP contribution in [0, 0.1) is 0 Å². The van der Waals surface area contributed by atoms with Crippen LogP contribution in [0.3, 0.4) is 0 Å². The van der Waals surface area contributed by atoms with Gasteiger partial charge in [0.25, 0.3) is 0 Å². The first-order valence-corrected chi connectivity index (χ1v) is 12.2. The summed E-state index contributed by atoms with van der Waals surface area (Å²) in [5, 5.41) is 7.33. The van der Waals surface area contributed by atoms with E-state index in [2.05, 4.69) is 99.6 Å². The van der Waals surface area contributed by atoms with E-state index in [0.29, 0.717) is 12.0 Å². The predicted molar refractivity (Wildman–Crippen MR) is 138 cm³/mol. The molecule has 0 bridgehead atoms. The highest BCUT2D eigenvalue weighted by Gasteiger charge is 2.37. The molecule has 3 heterocycles. The van der Waals surface area contributed by atoms with Gasteiger partial charge in [-0.2, -0.15) is 0 Å². The summed E-state index contributed by atoms with van der Waals surface area (Å²) in [6.07, 6.45) is 6.08. The highest BCUT2D eigenvalue weighted by atomic mass is 32.1. The van der Waals surface area contributed by atoms with Crippen LogP contribution >= 0.6 is 11.3 Å². The van der Waals surface area contributed by atoms with Gasteiger partial charge in [-0.25, -0.2) is 9.97 Å². The Morgan fingerprint density at radius 3 is 2.31 bits per heavy atom. The summed E-state index contributed by atoms with van der Waals surface area (Å²) in [6, 6.07) is 15.5. The van der Waals surface area contributed by atoms with Crippen LogP contribution in [0.25, 0.3) is 26.6 Å². The number of piperidine rings is 1. The Kier molecular flexibility index (Phi) is 6.24. The lowest BCUT2D eigenvalue weighted by atomic mass is 9.80. The van der Waals surface area contributed by atoms with Crippen molar-refractivity contribution in [2.45, 2.75) is 71.5 Å². The molecule has 0 amide bonds. The third-order valence-electron chi connectivity index (χ3n) is 6.10. The fraction of sp³-hybridized carbons (Fsp3) is 0.407. The summed E-state index contributed by atoms with van der Waals surface area (Å²) in [7, 11) is 0. The van der Waals surface area contributed by atoms with E-state index in [9.17, 15) is 0 Å². The minimum absolute atomic E-state index is 0.0840. The molecule has 1 aromatic carbocycles. The van der Waals surface area contributed by atoms with Crippen molar-refractivity contribution >= 4 is 22.9 Å². The minimum Gasteiger partial charge on any atom is -0.351 e.